The zero-order chi connectivity index (χ0) is 15.1. The van der Waals surface area contributed by atoms with E-state index in [1.165, 1.54) is 17.7 Å². The van der Waals surface area contributed by atoms with E-state index in [1.807, 2.05) is 18.2 Å². The Labute approximate surface area is 126 Å². The maximum Gasteiger partial charge on any atom is 0.123 e. The Morgan fingerprint density at radius 2 is 1.81 bits per heavy atom. The fraction of sp³-hybridized carbons (Fsp3) is 0.333. The molecule has 0 heterocycles. The molecule has 1 atom stereocenters. The molecule has 0 amide bonds. The van der Waals surface area contributed by atoms with Crippen LogP contribution in [0.25, 0.3) is 0 Å². The van der Waals surface area contributed by atoms with Gasteiger partial charge in [0.15, 0.2) is 0 Å². The standard InChI is InChI=1S/C18H22FNO/c1-3-14(2)17-6-4-5-7-18(17)21-13-12-20-16-10-8-15(19)9-11-16/h4-11,14,20H,3,12-13H2,1-2H3. The van der Waals surface area contributed by atoms with Crippen LogP contribution in [0.4, 0.5) is 10.1 Å². The van der Waals surface area contributed by atoms with Gasteiger partial charge in [-0.15, -0.1) is 0 Å². The number of halogens is 1. The molecule has 0 aliphatic heterocycles. The number of anilines is 1. The van der Waals surface area contributed by atoms with Gasteiger partial charge in [0.25, 0.3) is 0 Å². The molecule has 112 valence electrons. The monoisotopic (exact) mass is 287 g/mol. The van der Waals surface area contributed by atoms with Crippen LogP contribution in [0.1, 0.15) is 31.7 Å². The van der Waals surface area contributed by atoms with Crippen molar-refractivity contribution in [2.24, 2.45) is 0 Å². The molecule has 0 fully saturated rings. The second-order valence-corrected chi connectivity index (χ2v) is 5.13. The van der Waals surface area contributed by atoms with Crippen LogP contribution in [-0.4, -0.2) is 13.2 Å². The third-order valence-electron chi connectivity index (χ3n) is 3.60. The molecule has 1 N–H and O–H groups in total. The average Bonchev–Trinajstić information content (AvgIpc) is 2.53. The van der Waals surface area contributed by atoms with Crippen LogP contribution in [0.2, 0.25) is 0 Å². The van der Waals surface area contributed by atoms with Crippen molar-refractivity contribution in [2.45, 2.75) is 26.2 Å². The van der Waals surface area contributed by atoms with Crippen LogP contribution in [0.3, 0.4) is 0 Å². The van der Waals surface area contributed by atoms with Crippen LogP contribution in [0.5, 0.6) is 5.75 Å². The summed E-state index contributed by atoms with van der Waals surface area (Å²) in [6.45, 7) is 5.64. The predicted octanol–water partition coefficient (Wildman–Crippen LogP) is 4.83. The first-order valence-electron chi connectivity index (χ1n) is 7.42. The van der Waals surface area contributed by atoms with Gasteiger partial charge in [-0.1, -0.05) is 32.0 Å². The van der Waals surface area contributed by atoms with E-state index in [2.05, 4.69) is 25.2 Å². The number of hydrogen-bond acceptors (Lipinski definition) is 2. The first-order chi connectivity index (χ1) is 10.2. The molecule has 2 aromatic rings. The molecule has 0 aromatic heterocycles. The van der Waals surface area contributed by atoms with Crippen LogP contribution >= 0.6 is 0 Å². The van der Waals surface area contributed by atoms with Gasteiger partial charge in [-0.2, -0.15) is 0 Å². The molecule has 2 rings (SSSR count). The largest absolute Gasteiger partial charge is 0.491 e. The molecule has 2 aromatic carbocycles. The SMILES string of the molecule is CCC(C)c1ccccc1OCCNc1ccc(F)cc1. The van der Waals surface area contributed by atoms with Gasteiger partial charge in [0.05, 0.1) is 0 Å². The molecule has 0 aliphatic carbocycles. The molecule has 0 saturated carbocycles. The van der Waals surface area contributed by atoms with E-state index in [0.29, 0.717) is 19.1 Å². The number of hydrogen-bond donors (Lipinski definition) is 1. The van der Waals surface area contributed by atoms with Crippen molar-refractivity contribution in [3.05, 3.63) is 59.9 Å². The minimum atomic E-state index is -0.223. The first kappa shape index (κ1) is 15.4. The highest BCUT2D eigenvalue weighted by Gasteiger charge is 2.08. The van der Waals surface area contributed by atoms with E-state index in [4.69, 9.17) is 4.74 Å². The lowest BCUT2D eigenvalue weighted by atomic mass is 9.98. The molecule has 0 radical (unpaired) electrons. The molecule has 0 spiro atoms. The number of nitrogens with one attached hydrogen (secondary N) is 1. The van der Waals surface area contributed by atoms with E-state index in [1.54, 1.807) is 12.1 Å². The Hall–Kier alpha value is -2.03. The number of para-hydroxylation sites is 1. The van der Waals surface area contributed by atoms with Gasteiger partial charge in [0.1, 0.15) is 18.2 Å². The quantitative estimate of drug-likeness (QED) is 0.736. The molecule has 0 saturated heterocycles. The Morgan fingerprint density at radius 1 is 1.10 bits per heavy atom. The summed E-state index contributed by atoms with van der Waals surface area (Å²) in [4.78, 5) is 0. The molecule has 21 heavy (non-hydrogen) atoms. The lowest BCUT2D eigenvalue weighted by Gasteiger charge is -2.16. The number of rotatable bonds is 7. The fourth-order valence-electron chi connectivity index (χ4n) is 2.16. The molecule has 3 heteroatoms. The van der Waals surface area contributed by atoms with Crippen molar-refractivity contribution in [3.63, 3.8) is 0 Å². The van der Waals surface area contributed by atoms with Crippen molar-refractivity contribution >= 4 is 5.69 Å². The van der Waals surface area contributed by atoms with E-state index in [0.717, 1.165) is 17.9 Å². The molecular formula is C18H22FNO. The summed E-state index contributed by atoms with van der Waals surface area (Å²) in [5.41, 5.74) is 2.15. The predicted molar refractivity (Wildman–Crippen MR) is 85.5 cm³/mol. The zero-order valence-electron chi connectivity index (χ0n) is 12.6. The molecule has 2 nitrogen and oxygen atoms in total. The van der Waals surface area contributed by atoms with E-state index in [-0.39, 0.29) is 5.82 Å². The van der Waals surface area contributed by atoms with Crippen molar-refractivity contribution in [1.82, 2.24) is 0 Å². The molecule has 1 unspecified atom stereocenters. The van der Waals surface area contributed by atoms with Crippen molar-refractivity contribution in [2.75, 3.05) is 18.5 Å². The normalized spacial score (nSPS) is 12.0. The molecule has 0 bridgehead atoms. The second kappa shape index (κ2) is 7.67. The summed E-state index contributed by atoms with van der Waals surface area (Å²) in [5, 5.41) is 3.21. The Morgan fingerprint density at radius 3 is 2.52 bits per heavy atom. The van der Waals surface area contributed by atoms with Crippen molar-refractivity contribution in [1.29, 1.82) is 0 Å². The summed E-state index contributed by atoms with van der Waals surface area (Å²) in [5.74, 6) is 1.22. The fourth-order valence-corrected chi connectivity index (χ4v) is 2.16. The highest BCUT2D eigenvalue weighted by Crippen LogP contribution is 2.28. The summed E-state index contributed by atoms with van der Waals surface area (Å²) < 4.78 is 18.7. The third-order valence-corrected chi connectivity index (χ3v) is 3.60. The average molecular weight is 287 g/mol. The Bertz CT molecular complexity index is 553. The van der Waals surface area contributed by atoms with Gasteiger partial charge in [-0.25, -0.2) is 4.39 Å². The second-order valence-electron chi connectivity index (χ2n) is 5.13. The summed E-state index contributed by atoms with van der Waals surface area (Å²) in [6, 6.07) is 14.5. The van der Waals surface area contributed by atoms with Gasteiger partial charge in [0, 0.05) is 12.2 Å². The Balaban J connectivity index is 1.85. The topological polar surface area (TPSA) is 21.3 Å². The molecular weight excluding hydrogens is 265 g/mol. The smallest absolute Gasteiger partial charge is 0.123 e. The highest BCUT2D eigenvalue weighted by atomic mass is 19.1. The van der Waals surface area contributed by atoms with Crippen molar-refractivity contribution in [3.8, 4) is 5.75 Å². The lowest BCUT2D eigenvalue weighted by Crippen LogP contribution is -2.12. The van der Waals surface area contributed by atoms with Gasteiger partial charge >= 0.3 is 0 Å². The van der Waals surface area contributed by atoms with Gasteiger partial charge in [-0.05, 0) is 48.2 Å². The van der Waals surface area contributed by atoms with Gasteiger partial charge in [0.2, 0.25) is 0 Å². The van der Waals surface area contributed by atoms with Crippen LogP contribution in [-0.2, 0) is 0 Å². The van der Waals surface area contributed by atoms with E-state index in [9.17, 15) is 4.39 Å². The minimum Gasteiger partial charge on any atom is -0.491 e. The van der Waals surface area contributed by atoms with Gasteiger partial charge in [-0.3, -0.25) is 0 Å². The zero-order valence-corrected chi connectivity index (χ0v) is 12.6. The first-order valence-corrected chi connectivity index (χ1v) is 7.42. The van der Waals surface area contributed by atoms with Crippen LogP contribution in [0.15, 0.2) is 48.5 Å². The molecule has 0 aliphatic rings. The number of benzene rings is 2. The maximum absolute atomic E-state index is 12.8. The lowest BCUT2D eigenvalue weighted by molar-refractivity contribution is 0.327. The van der Waals surface area contributed by atoms with Gasteiger partial charge < -0.3 is 10.1 Å². The maximum atomic E-state index is 12.8. The van der Waals surface area contributed by atoms with Crippen LogP contribution in [0, 0.1) is 5.82 Å². The Kier molecular flexibility index (Phi) is 5.61. The minimum absolute atomic E-state index is 0.223. The highest BCUT2D eigenvalue weighted by molar-refractivity contribution is 5.42. The van der Waals surface area contributed by atoms with Crippen LogP contribution < -0.4 is 10.1 Å². The third kappa shape index (κ3) is 4.48. The van der Waals surface area contributed by atoms with E-state index >= 15 is 0 Å². The van der Waals surface area contributed by atoms with Crippen molar-refractivity contribution < 1.29 is 9.13 Å². The summed E-state index contributed by atoms with van der Waals surface area (Å²) >= 11 is 0. The summed E-state index contributed by atoms with van der Waals surface area (Å²) in [6.07, 6.45) is 1.09. The van der Waals surface area contributed by atoms with E-state index < -0.39 is 0 Å². The summed E-state index contributed by atoms with van der Waals surface area (Å²) in [7, 11) is 0. The number of ether oxygens (including phenoxy) is 1.